The number of rotatable bonds is 6. The lowest BCUT2D eigenvalue weighted by molar-refractivity contribution is 0.0567. The van der Waals surface area contributed by atoms with Gasteiger partial charge in [0.25, 0.3) is 0 Å². The molecule has 0 saturated carbocycles. The topological polar surface area (TPSA) is 49.9 Å². The van der Waals surface area contributed by atoms with Crippen LogP contribution in [0.5, 0.6) is 5.75 Å². The largest absolute Gasteiger partial charge is 0.487 e. The van der Waals surface area contributed by atoms with E-state index < -0.39 is 10.0 Å². The number of benzene rings is 2. The second-order valence-corrected chi connectivity index (χ2v) is 10.3. The SMILES string of the molecule is O=S(=O)(Cc1ccc(F)cc1)N1CCC(N2CCC(Oc3ccccc3F)CC2)CC1. The van der Waals surface area contributed by atoms with E-state index in [0.29, 0.717) is 30.4 Å². The first-order valence-electron chi connectivity index (χ1n) is 10.8. The van der Waals surface area contributed by atoms with Gasteiger partial charge >= 0.3 is 0 Å². The summed E-state index contributed by atoms with van der Waals surface area (Å²) in [6.45, 7) is 2.73. The molecule has 0 atom stereocenters. The van der Waals surface area contributed by atoms with E-state index in [1.807, 2.05) is 0 Å². The molecule has 31 heavy (non-hydrogen) atoms. The lowest BCUT2D eigenvalue weighted by Gasteiger charge is -2.41. The molecule has 168 valence electrons. The van der Waals surface area contributed by atoms with Gasteiger partial charge in [-0.05, 0) is 55.5 Å². The molecule has 2 aromatic rings. The predicted molar refractivity (Wildman–Crippen MR) is 115 cm³/mol. The summed E-state index contributed by atoms with van der Waals surface area (Å²) < 4.78 is 59.7. The van der Waals surface area contributed by atoms with Crippen molar-refractivity contribution in [1.29, 1.82) is 0 Å². The molecule has 4 rings (SSSR count). The molecule has 2 aliphatic heterocycles. The molecule has 0 radical (unpaired) electrons. The summed E-state index contributed by atoms with van der Waals surface area (Å²) >= 11 is 0. The normalized spacial score (nSPS) is 20.1. The van der Waals surface area contributed by atoms with Gasteiger partial charge in [0.15, 0.2) is 11.6 Å². The number of ether oxygens (including phenoxy) is 1. The number of nitrogens with zero attached hydrogens (tertiary/aromatic N) is 2. The number of hydrogen-bond acceptors (Lipinski definition) is 4. The third-order valence-electron chi connectivity index (χ3n) is 6.20. The van der Waals surface area contributed by atoms with E-state index in [-0.39, 0.29) is 23.5 Å². The first kappa shape index (κ1) is 22.2. The number of likely N-dealkylation sites (tertiary alicyclic amines) is 1. The van der Waals surface area contributed by atoms with Crippen LogP contribution in [0.4, 0.5) is 8.78 Å². The minimum Gasteiger partial charge on any atom is -0.487 e. The molecule has 0 bridgehead atoms. The van der Waals surface area contributed by atoms with Gasteiger partial charge in [-0.25, -0.2) is 21.5 Å². The first-order valence-corrected chi connectivity index (χ1v) is 12.4. The number of sulfonamides is 1. The van der Waals surface area contributed by atoms with Crippen LogP contribution in [-0.4, -0.2) is 55.9 Å². The first-order chi connectivity index (χ1) is 14.9. The molecule has 2 aromatic carbocycles. The zero-order valence-corrected chi connectivity index (χ0v) is 18.2. The van der Waals surface area contributed by atoms with Crippen LogP contribution < -0.4 is 4.74 Å². The third kappa shape index (κ3) is 5.61. The fourth-order valence-electron chi connectivity index (χ4n) is 4.45. The Morgan fingerprint density at radius 3 is 2.16 bits per heavy atom. The zero-order valence-electron chi connectivity index (χ0n) is 17.4. The number of hydrogen-bond donors (Lipinski definition) is 0. The van der Waals surface area contributed by atoms with E-state index in [9.17, 15) is 17.2 Å². The lowest BCUT2D eigenvalue weighted by atomic mass is 10.00. The summed E-state index contributed by atoms with van der Waals surface area (Å²) in [5, 5.41) is 0. The van der Waals surface area contributed by atoms with Gasteiger partial charge in [-0.2, -0.15) is 0 Å². The Labute approximate surface area is 182 Å². The molecule has 2 heterocycles. The maximum absolute atomic E-state index is 13.8. The molecule has 2 aliphatic rings. The number of piperidine rings is 2. The summed E-state index contributed by atoms with van der Waals surface area (Å²) in [4.78, 5) is 2.41. The predicted octanol–water partition coefficient (Wildman–Crippen LogP) is 3.80. The minimum absolute atomic E-state index is 0.00401. The van der Waals surface area contributed by atoms with E-state index in [0.717, 1.165) is 38.8 Å². The van der Waals surface area contributed by atoms with Crippen molar-refractivity contribution >= 4 is 10.0 Å². The number of halogens is 2. The van der Waals surface area contributed by atoms with Gasteiger partial charge in [0.05, 0.1) is 5.75 Å². The van der Waals surface area contributed by atoms with Crippen molar-refractivity contribution < 1.29 is 21.9 Å². The summed E-state index contributed by atoms with van der Waals surface area (Å²) in [6, 6.07) is 12.5. The van der Waals surface area contributed by atoms with Crippen LogP contribution in [0.2, 0.25) is 0 Å². The van der Waals surface area contributed by atoms with Gasteiger partial charge in [0.1, 0.15) is 11.9 Å². The average Bonchev–Trinajstić information content (AvgIpc) is 2.77. The Balaban J connectivity index is 1.25. The van der Waals surface area contributed by atoms with Crippen LogP contribution in [0.25, 0.3) is 0 Å². The smallest absolute Gasteiger partial charge is 0.218 e. The third-order valence-corrected chi connectivity index (χ3v) is 8.05. The van der Waals surface area contributed by atoms with E-state index in [1.54, 1.807) is 22.5 Å². The van der Waals surface area contributed by atoms with Crippen molar-refractivity contribution in [3.05, 3.63) is 65.7 Å². The fourth-order valence-corrected chi connectivity index (χ4v) is 6.01. The molecule has 0 spiro atoms. The average molecular weight is 451 g/mol. The van der Waals surface area contributed by atoms with Gasteiger partial charge in [-0.15, -0.1) is 0 Å². The van der Waals surface area contributed by atoms with Crippen LogP contribution in [0.15, 0.2) is 48.5 Å². The van der Waals surface area contributed by atoms with Crippen molar-refractivity contribution in [3.8, 4) is 5.75 Å². The lowest BCUT2D eigenvalue weighted by Crippen LogP contribution is -2.50. The molecule has 2 fully saturated rings. The van der Waals surface area contributed by atoms with E-state index in [4.69, 9.17) is 4.74 Å². The number of para-hydroxylation sites is 1. The second kappa shape index (κ2) is 9.63. The summed E-state index contributed by atoms with van der Waals surface area (Å²) in [7, 11) is -3.41. The summed E-state index contributed by atoms with van der Waals surface area (Å²) in [5.74, 6) is -0.499. The molecule has 0 aromatic heterocycles. The van der Waals surface area contributed by atoms with Crippen molar-refractivity contribution in [2.45, 2.75) is 43.6 Å². The Bertz CT molecular complexity index is 969. The van der Waals surface area contributed by atoms with Gasteiger partial charge in [-0.3, -0.25) is 0 Å². The van der Waals surface area contributed by atoms with Gasteiger partial charge in [0.2, 0.25) is 10.0 Å². The quantitative estimate of drug-likeness (QED) is 0.672. The molecular weight excluding hydrogens is 422 g/mol. The molecule has 0 amide bonds. The highest BCUT2D eigenvalue weighted by molar-refractivity contribution is 7.88. The van der Waals surface area contributed by atoms with Gasteiger partial charge in [-0.1, -0.05) is 24.3 Å². The van der Waals surface area contributed by atoms with Crippen molar-refractivity contribution in [1.82, 2.24) is 9.21 Å². The fraction of sp³-hybridized carbons (Fsp3) is 0.478. The Morgan fingerprint density at radius 1 is 0.871 bits per heavy atom. The van der Waals surface area contributed by atoms with Crippen LogP contribution in [0.3, 0.4) is 0 Å². The van der Waals surface area contributed by atoms with Gasteiger partial charge in [0, 0.05) is 32.2 Å². The van der Waals surface area contributed by atoms with Crippen LogP contribution >= 0.6 is 0 Å². The highest BCUT2D eigenvalue weighted by Crippen LogP contribution is 2.26. The zero-order chi connectivity index (χ0) is 21.8. The summed E-state index contributed by atoms with van der Waals surface area (Å²) in [5.41, 5.74) is 0.598. The highest BCUT2D eigenvalue weighted by atomic mass is 32.2. The Kier molecular flexibility index (Phi) is 6.89. The van der Waals surface area contributed by atoms with Gasteiger partial charge < -0.3 is 9.64 Å². The maximum Gasteiger partial charge on any atom is 0.218 e. The minimum atomic E-state index is -3.41. The Hall–Kier alpha value is -2.03. The Morgan fingerprint density at radius 2 is 1.52 bits per heavy atom. The molecule has 0 N–H and O–H groups in total. The van der Waals surface area contributed by atoms with Crippen LogP contribution in [0.1, 0.15) is 31.2 Å². The molecule has 0 unspecified atom stereocenters. The van der Waals surface area contributed by atoms with E-state index in [1.165, 1.54) is 30.3 Å². The standard InChI is InChI=1S/C23H28F2N2O3S/c24-19-7-5-18(6-8-19)17-31(28,29)27-15-9-20(10-16-27)26-13-11-21(12-14-26)30-23-4-2-1-3-22(23)25/h1-8,20-21H,9-17H2. The van der Waals surface area contributed by atoms with Crippen molar-refractivity contribution in [3.63, 3.8) is 0 Å². The molecule has 8 heteroatoms. The molecular formula is C23H28F2N2O3S. The highest BCUT2D eigenvalue weighted by Gasteiger charge is 2.32. The van der Waals surface area contributed by atoms with Crippen molar-refractivity contribution in [2.75, 3.05) is 26.2 Å². The monoisotopic (exact) mass is 450 g/mol. The molecule has 0 aliphatic carbocycles. The van der Waals surface area contributed by atoms with Crippen LogP contribution in [0, 0.1) is 11.6 Å². The van der Waals surface area contributed by atoms with Crippen molar-refractivity contribution in [2.24, 2.45) is 0 Å². The van der Waals surface area contributed by atoms with E-state index in [2.05, 4.69) is 4.90 Å². The molecule has 2 saturated heterocycles. The maximum atomic E-state index is 13.8. The second-order valence-electron chi connectivity index (χ2n) is 8.30. The van der Waals surface area contributed by atoms with Crippen LogP contribution in [-0.2, 0) is 15.8 Å². The van der Waals surface area contributed by atoms with E-state index >= 15 is 0 Å². The summed E-state index contributed by atoms with van der Waals surface area (Å²) in [6.07, 6.45) is 3.25. The molecule has 5 nitrogen and oxygen atoms in total.